The molecule has 0 aliphatic rings. The molecule has 0 aliphatic carbocycles. The molecule has 0 saturated carbocycles. The Morgan fingerprint density at radius 3 is 2.33 bits per heavy atom. The molecule has 0 unspecified atom stereocenters. The van der Waals surface area contributed by atoms with E-state index < -0.39 is 0 Å². The summed E-state index contributed by atoms with van der Waals surface area (Å²) in [5.74, 6) is 0.287. The Bertz CT molecular complexity index is 1040. The summed E-state index contributed by atoms with van der Waals surface area (Å²) in [5, 5.41) is 0. The number of aromatic nitrogens is 4. The number of halogens is 1. The van der Waals surface area contributed by atoms with Gasteiger partial charge in [-0.3, -0.25) is 0 Å². The first-order valence-corrected chi connectivity index (χ1v) is 8.08. The zero-order valence-electron chi connectivity index (χ0n) is 13.6. The summed E-state index contributed by atoms with van der Waals surface area (Å²) >= 11 is 0. The number of nitrogens with zero attached hydrogens (tertiary/aromatic N) is 4. The molecule has 24 heavy (non-hydrogen) atoms. The van der Waals surface area contributed by atoms with E-state index in [4.69, 9.17) is 4.98 Å². The number of para-hydroxylation sites is 2. The van der Waals surface area contributed by atoms with E-state index in [0.717, 1.165) is 17.5 Å². The standard InChI is InChI=1S/C19H17FN4/c1-3-12(2)24-18(13-8-4-5-9-14(13)20)23-17-19(24)22-16-11-7-6-10-15(16)21-17/h4-12H,3H2,1-2H3/t12-/m0/s1. The molecule has 4 aromatic rings. The number of hydrogen-bond acceptors (Lipinski definition) is 3. The van der Waals surface area contributed by atoms with Gasteiger partial charge in [-0.15, -0.1) is 0 Å². The molecule has 4 rings (SSSR count). The lowest BCUT2D eigenvalue weighted by Gasteiger charge is -2.15. The third-order valence-electron chi connectivity index (χ3n) is 4.35. The van der Waals surface area contributed by atoms with Crippen molar-refractivity contribution >= 4 is 22.3 Å². The van der Waals surface area contributed by atoms with Crippen molar-refractivity contribution in [3.05, 3.63) is 54.3 Å². The van der Waals surface area contributed by atoms with Gasteiger partial charge in [0.05, 0.1) is 16.6 Å². The van der Waals surface area contributed by atoms with Gasteiger partial charge in [0.1, 0.15) is 11.6 Å². The highest BCUT2D eigenvalue weighted by molar-refractivity contribution is 5.85. The molecule has 0 fully saturated rings. The maximum Gasteiger partial charge on any atom is 0.198 e. The predicted molar refractivity (Wildman–Crippen MR) is 93.2 cm³/mol. The molecule has 4 nitrogen and oxygen atoms in total. The average Bonchev–Trinajstić information content (AvgIpc) is 2.97. The summed E-state index contributed by atoms with van der Waals surface area (Å²) in [5.41, 5.74) is 3.32. The molecule has 5 heteroatoms. The third kappa shape index (κ3) is 2.24. The van der Waals surface area contributed by atoms with Crippen LogP contribution in [0.15, 0.2) is 48.5 Å². The lowest BCUT2D eigenvalue weighted by atomic mass is 10.1. The highest BCUT2D eigenvalue weighted by Crippen LogP contribution is 2.30. The molecule has 120 valence electrons. The van der Waals surface area contributed by atoms with Crippen LogP contribution in [0.2, 0.25) is 0 Å². The van der Waals surface area contributed by atoms with E-state index in [9.17, 15) is 4.39 Å². The van der Waals surface area contributed by atoms with E-state index in [1.54, 1.807) is 12.1 Å². The lowest BCUT2D eigenvalue weighted by molar-refractivity contribution is 0.544. The Labute approximate surface area is 139 Å². The van der Waals surface area contributed by atoms with Crippen LogP contribution in [0, 0.1) is 5.82 Å². The number of hydrogen-bond donors (Lipinski definition) is 0. The molecule has 0 spiro atoms. The second-order valence-electron chi connectivity index (χ2n) is 5.90. The summed E-state index contributed by atoms with van der Waals surface area (Å²) < 4.78 is 16.3. The first-order valence-electron chi connectivity index (χ1n) is 8.08. The van der Waals surface area contributed by atoms with Crippen molar-refractivity contribution in [2.45, 2.75) is 26.3 Å². The molecule has 0 radical (unpaired) electrons. The summed E-state index contributed by atoms with van der Waals surface area (Å²) in [7, 11) is 0. The first kappa shape index (κ1) is 14.8. The van der Waals surface area contributed by atoms with E-state index in [0.29, 0.717) is 22.7 Å². The van der Waals surface area contributed by atoms with Gasteiger partial charge < -0.3 is 4.57 Å². The third-order valence-corrected chi connectivity index (χ3v) is 4.35. The van der Waals surface area contributed by atoms with Crippen LogP contribution in [0.25, 0.3) is 33.7 Å². The smallest absolute Gasteiger partial charge is 0.198 e. The molecule has 0 bridgehead atoms. The summed E-state index contributed by atoms with van der Waals surface area (Å²) in [6.07, 6.45) is 0.890. The molecule has 0 amide bonds. The van der Waals surface area contributed by atoms with Crippen LogP contribution >= 0.6 is 0 Å². The second-order valence-corrected chi connectivity index (χ2v) is 5.90. The summed E-state index contributed by atoms with van der Waals surface area (Å²) in [6, 6.07) is 14.5. The van der Waals surface area contributed by atoms with Crippen LogP contribution in [0.3, 0.4) is 0 Å². The van der Waals surface area contributed by atoms with Gasteiger partial charge in [-0.1, -0.05) is 31.2 Å². The van der Waals surface area contributed by atoms with Crippen molar-refractivity contribution in [1.29, 1.82) is 0 Å². The quantitative estimate of drug-likeness (QED) is 0.547. The van der Waals surface area contributed by atoms with Gasteiger partial charge in [-0.25, -0.2) is 19.3 Å². The molecule has 1 atom stereocenters. The normalized spacial score (nSPS) is 12.8. The Morgan fingerprint density at radius 2 is 1.62 bits per heavy atom. The zero-order chi connectivity index (χ0) is 16.7. The van der Waals surface area contributed by atoms with E-state index >= 15 is 0 Å². The number of rotatable bonds is 3. The maximum absolute atomic E-state index is 14.3. The van der Waals surface area contributed by atoms with Crippen LogP contribution in [-0.4, -0.2) is 19.5 Å². The van der Waals surface area contributed by atoms with Crippen molar-refractivity contribution in [3.63, 3.8) is 0 Å². The molecule has 2 aromatic carbocycles. The molecule has 2 heterocycles. The van der Waals surface area contributed by atoms with E-state index in [2.05, 4.69) is 23.8 Å². The Kier molecular flexibility index (Phi) is 3.49. The second kappa shape index (κ2) is 5.67. The fraction of sp³-hybridized carbons (Fsp3) is 0.211. The molecular weight excluding hydrogens is 303 g/mol. The predicted octanol–water partition coefficient (Wildman–Crippen LogP) is 4.76. The fourth-order valence-corrected chi connectivity index (χ4v) is 2.91. The fourth-order valence-electron chi connectivity index (χ4n) is 2.91. The molecular formula is C19H17FN4. The van der Waals surface area contributed by atoms with Crippen LogP contribution in [0.5, 0.6) is 0 Å². The monoisotopic (exact) mass is 320 g/mol. The highest BCUT2D eigenvalue weighted by atomic mass is 19.1. The van der Waals surface area contributed by atoms with Gasteiger partial charge in [0.25, 0.3) is 0 Å². The van der Waals surface area contributed by atoms with Crippen molar-refractivity contribution in [2.75, 3.05) is 0 Å². The van der Waals surface area contributed by atoms with Gasteiger partial charge in [0, 0.05) is 6.04 Å². The van der Waals surface area contributed by atoms with E-state index in [1.165, 1.54) is 6.07 Å². The van der Waals surface area contributed by atoms with Crippen molar-refractivity contribution in [3.8, 4) is 11.4 Å². The van der Waals surface area contributed by atoms with Gasteiger partial charge in [-0.05, 0) is 37.6 Å². The van der Waals surface area contributed by atoms with Crippen LogP contribution in [0.4, 0.5) is 4.39 Å². The molecule has 0 N–H and O–H groups in total. The van der Waals surface area contributed by atoms with Crippen LogP contribution < -0.4 is 0 Å². The largest absolute Gasteiger partial charge is 0.304 e. The lowest BCUT2D eigenvalue weighted by Crippen LogP contribution is -2.07. The minimum atomic E-state index is -0.290. The van der Waals surface area contributed by atoms with E-state index in [1.807, 2.05) is 34.9 Å². The minimum absolute atomic E-state index is 0.139. The summed E-state index contributed by atoms with van der Waals surface area (Å²) in [6.45, 7) is 4.18. The van der Waals surface area contributed by atoms with E-state index in [-0.39, 0.29) is 11.9 Å². The number of benzene rings is 2. The van der Waals surface area contributed by atoms with Crippen molar-refractivity contribution in [1.82, 2.24) is 19.5 Å². The zero-order valence-corrected chi connectivity index (χ0v) is 13.6. The van der Waals surface area contributed by atoms with Crippen molar-refractivity contribution < 1.29 is 4.39 Å². The SMILES string of the molecule is CC[C@H](C)n1c(-c2ccccc2F)nc2nc3ccccc3nc21. The Hall–Kier alpha value is -2.82. The first-order chi connectivity index (χ1) is 11.7. The Balaban J connectivity index is 2.09. The van der Waals surface area contributed by atoms with Crippen molar-refractivity contribution in [2.24, 2.45) is 0 Å². The molecule has 2 aromatic heterocycles. The maximum atomic E-state index is 14.3. The number of fused-ring (bicyclic) bond motifs is 2. The molecule has 0 saturated heterocycles. The highest BCUT2D eigenvalue weighted by Gasteiger charge is 2.20. The van der Waals surface area contributed by atoms with Crippen LogP contribution in [-0.2, 0) is 0 Å². The summed E-state index contributed by atoms with van der Waals surface area (Å²) in [4.78, 5) is 14.0. The minimum Gasteiger partial charge on any atom is -0.304 e. The van der Waals surface area contributed by atoms with Gasteiger partial charge >= 0.3 is 0 Å². The Morgan fingerprint density at radius 1 is 0.958 bits per heavy atom. The van der Waals surface area contributed by atoms with Gasteiger partial charge in [0.15, 0.2) is 11.3 Å². The van der Waals surface area contributed by atoms with Crippen LogP contribution in [0.1, 0.15) is 26.3 Å². The topological polar surface area (TPSA) is 43.6 Å². The molecule has 0 aliphatic heterocycles. The van der Waals surface area contributed by atoms with Gasteiger partial charge in [-0.2, -0.15) is 0 Å². The van der Waals surface area contributed by atoms with Gasteiger partial charge in [0.2, 0.25) is 0 Å². The number of imidazole rings is 1. The average molecular weight is 320 g/mol.